The highest BCUT2D eigenvalue weighted by molar-refractivity contribution is 14.1. The molecule has 60 valence electrons. The van der Waals surface area contributed by atoms with Gasteiger partial charge in [-0.25, -0.2) is 8.78 Å². The minimum absolute atomic E-state index is 0.301. The maximum atomic E-state index is 12.7. The second-order valence-corrected chi connectivity index (χ2v) is 3.13. The number of hydrazine groups is 1. The van der Waals surface area contributed by atoms with E-state index < -0.39 is 11.6 Å². The predicted octanol–water partition coefficient (Wildman–Crippen LogP) is 1.86. The summed E-state index contributed by atoms with van der Waals surface area (Å²) in [5.41, 5.74) is 1.64. The summed E-state index contributed by atoms with van der Waals surface area (Å²) in [4.78, 5) is 0. The molecule has 2 nitrogen and oxygen atoms in total. The van der Waals surface area contributed by atoms with Gasteiger partial charge in [0, 0.05) is 3.57 Å². The van der Waals surface area contributed by atoms with E-state index in [-0.39, 0.29) is 5.69 Å². The van der Waals surface area contributed by atoms with Gasteiger partial charge >= 0.3 is 0 Å². The molecule has 0 aliphatic heterocycles. The van der Waals surface area contributed by atoms with Crippen molar-refractivity contribution in [1.29, 1.82) is 0 Å². The number of nitrogens with two attached hydrogens (primary N) is 1. The van der Waals surface area contributed by atoms with Gasteiger partial charge in [-0.05, 0) is 34.7 Å². The van der Waals surface area contributed by atoms with Gasteiger partial charge in [-0.3, -0.25) is 5.84 Å². The average Bonchev–Trinajstić information content (AvgIpc) is 1.85. The van der Waals surface area contributed by atoms with Gasteiger partial charge in [0.25, 0.3) is 0 Å². The Kier molecular flexibility index (Phi) is 2.61. The van der Waals surface area contributed by atoms with Gasteiger partial charge in [-0.1, -0.05) is 0 Å². The van der Waals surface area contributed by atoms with E-state index in [1.807, 2.05) is 28.0 Å². The summed E-state index contributed by atoms with van der Waals surface area (Å²) in [5.74, 6) is 3.50. The molecule has 5 heteroatoms. The topological polar surface area (TPSA) is 38.0 Å². The number of rotatable bonds is 1. The molecule has 0 saturated carbocycles. The van der Waals surface area contributed by atoms with Crippen LogP contribution in [-0.2, 0) is 0 Å². The van der Waals surface area contributed by atoms with Crippen LogP contribution in [0.15, 0.2) is 12.1 Å². The van der Waals surface area contributed by atoms with E-state index >= 15 is 0 Å². The van der Waals surface area contributed by atoms with Crippen LogP contribution in [0.2, 0.25) is 0 Å². The zero-order valence-electron chi connectivity index (χ0n) is 5.37. The Bertz CT molecular complexity index is 254. The van der Waals surface area contributed by atoms with Crippen molar-refractivity contribution in [1.82, 2.24) is 0 Å². The number of nitrogens with one attached hydrogen (secondary N) is 1. The van der Waals surface area contributed by atoms with Crippen molar-refractivity contribution in [2.75, 3.05) is 5.43 Å². The molecule has 0 aromatic heterocycles. The molecule has 0 aliphatic rings. The van der Waals surface area contributed by atoms with Crippen LogP contribution in [0.3, 0.4) is 0 Å². The van der Waals surface area contributed by atoms with Gasteiger partial charge in [-0.2, -0.15) is 0 Å². The molecule has 0 heterocycles. The van der Waals surface area contributed by atoms with Crippen molar-refractivity contribution in [3.63, 3.8) is 0 Å². The Morgan fingerprint density at radius 3 is 2.09 bits per heavy atom. The molecule has 0 saturated heterocycles. The SMILES string of the molecule is NNc1c(F)cc(I)cc1F. The largest absolute Gasteiger partial charge is 0.319 e. The summed E-state index contributed by atoms with van der Waals surface area (Å²) >= 11 is 1.82. The average molecular weight is 270 g/mol. The highest BCUT2D eigenvalue weighted by atomic mass is 127. The van der Waals surface area contributed by atoms with Crippen molar-refractivity contribution >= 4 is 28.3 Å². The van der Waals surface area contributed by atoms with Crippen LogP contribution >= 0.6 is 22.6 Å². The number of halogens is 3. The summed E-state index contributed by atoms with van der Waals surface area (Å²) < 4.78 is 25.9. The second kappa shape index (κ2) is 3.31. The standard InChI is InChI=1S/C6H5F2IN2/c7-4-1-3(9)2-5(8)6(4)11-10/h1-2,11H,10H2. The van der Waals surface area contributed by atoms with Crippen molar-refractivity contribution in [3.05, 3.63) is 27.3 Å². The third kappa shape index (κ3) is 1.78. The number of hydrogen-bond acceptors (Lipinski definition) is 2. The quantitative estimate of drug-likeness (QED) is 0.464. The highest BCUT2D eigenvalue weighted by Crippen LogP contribution is 2.20. The van der Waals surface area contributed by atoms with Crippen LogP contribution in [0.5, 0.6) is 0 Å². The number of nitrogen functional groups attached to an aromatic ring is 1. The van der Waals surface area contributed by atoms with Gasteiger partial charge in [-0.15, -0.1) is 0 Å². The molecule has 0 aliphatic carbocycles. The molecule has 0 radical (unpaired) electrons. The molecular formula is C6H5F2IN2. The lowest BCUT2D eigenvalue weighted by atomic mass is 10.3. The highest BCUT2D eigenvalue weighted by Gasteiger charge is 2.07. The summed E-state index contributed by atoms with van der Waals surface area (Å²) in [7, 11) is 0. The summed E-state index contributed by atoms with van der Waals surface area (Å²) in [6.07, 6.45) is 0. The lowest BCUT2D eigenvalue weighted by Crippen LogP contribution is -2.10. The molecule has 0 unspecified atom stereocenters. The molecule has 0 spiro atoms. The molecule has 0 fully saturated rings. The Hall–Kier alpha value is -0.430. The third-order valence-corrected chi connectivity index (χ3v) is 1.77. The Morgan fingerprint density at radius 1 is 1.27 bits per heavy atom. The van der Waals surface area contributed by atoms with Crippen LogP contribution in [0.1, 0.15) is 0 Å². The normalized spacial score (nSPS) is 9.82. The van der Waals surface area contributed by atoms with E-state index in [0.29, 0.717) is 3.57 Å². The maximum Gasteiger partial charge on any atom is 0.151 e. The number of benzene rings is 1. The minimum Gasteiger partial charge on any atom is -0.319 e. The van der Waals surface area contributed by atoms with E-state index in [4.69, 9.17) is 5.84 Å². The molecule has 0 amide bonds. The lowest BCUT2D eigenvalue weighted by Gasteiger charge is -2.02. The van der Waals surface area contributed by atoms with Crippen molar-refractivity contribution in [3.8, 4) is 0 Å². The predicted molar refractivity (Wildman–Crippen MR) is 46.9 cm³/mol. The van der Waals surface area contributed by atoms with Gasteiger partial charge < -0.3 is 5.43 Å². The van der Waals surface area contributed by atoms with Crippen LogP contribution < -0.4 is 11.3 Å². The minimum atomic E-state index is -0.683. The van der Waals surface area contributed by atoms with Crippen molar-refractivity contribution < 1.29 is 8.78 Å². The van der Waals surface area contributed by atoms with E-state index in [9.17, 15) is 8.78 Å². The van der Waals surface area contributed by atoms with Crippen LogP contribution in [-0.4, -0.2) is 0 Å². The molecule has 0 bridgehead atoms. The Labute approximate surface area is 75.9 Å². The Morgan fingerprint density at radius 2 is 1.73 bits per heavy atom. The first-order chi connectivity index (χ1) is 5.15. The fourth-order valence-electron chi connectivity index (χ4n) is 0.680. The smallest absolute Gasteiger partial charge is 0.151 e. The zero-order chi connectivity index (χ0) is 8.43. The lowest BCUT2D eigenvalue weighted by molar-refractivity contribution is 0.587. The summed E-state index contributed by atoms with van der Waals surface area (Å²) in [6, 6.07) is 2.39. The number of anilines is 1. The number of hydrogen-bond donors (Lipinski definition) is 2. The van der Waals surface area contributed by atoms with Gasteiger partial charge in [0.2, 0.25) is 0 Å². The first-order valence-corrected chi connectivity index (χ1v) is 3.84. The van der Waals surface area contributed by atoms with E-state index in [1.165, 1.54) is 12.1 Å². The molecule has 11 heavy (non-hydrogen) atoms. The van der Waals surface area contributed by atoms with Gasteiger partial charge in [0.05, 0.1) is 0 Å². The molecule has 1 aromatic carbocycles. The van der Waals surface area contributed by atoms with Crippen LogP contribution in [0.4, 0.5) is 14.5 Å². The summed E-state index contributed by atoms with van der Waals surface area (Å²) in [6.45, 7) is 0. The second-order valence-electron chi connectivity index (χ2n) is 1.89. The van der Waals surface area contributed by atoms with Gasteiger partial charge in [0.15, 0.2) is 11.6 Å². The van der Waals surface area contributed by atoms with E-state index in [1.54, 1.807) is 0 Å². The monoisotopic (exact) mass is 270 g/mol. The van der Waals surface area contributed by atoms with Crippen LogP contribution in [0.25, 0.3) is 0 Å². The Balaban J connectivity index is 3.25. The van der Waals surface area contributed by atoms with Crippen LogP contribution in [0, 0.1) is 15.2 Å². The molecule has 3 N–H and O–H groups in total. The first-order valence-electron chi connectivity index (χ1n) is 2.76. The maximum absolute atomic E-state index is 12.7. The van der Waals surface area contributed by atoms with E-state index in [0.717, 1.165) is 0 Å². The molecule has 0 atom stereocenters. The first kappa shape index (κ1) is 8.66. The third-order valence-electron chi connectivity index (χ3n) is 1.15. The molecule has 1 aromatic rings. The van der Waals surface area contributed by atoms with E-state index in [2.05, 4.69) is 0 Å². The van der Waals surface area contributed by atoms with Crippen molar-refractivity contribution in [2.45, 2.75) is 0 Å². The summed E-state index contributed by atoms with van der Waals surface area (Å²) in [5, 5.41) is 0. The molecular weight excluding hydrogens is 265 g/mol. The van der Waals surface area contributed by atoms with Gasteiger partial charge in [0.1, 0.15) is 5.69 Å². The zero-order valence-corrected chi connectivity index (χ0v) is 7.52. The fourth-order valence-corrected chi connectivity index (χ4v) is 1.23. The molecule has 1 rings (SSSR count). The fraction of sp³-hybridized carbons (Fsp3) is 0. The van der Waals surface area contributed by atoms with Crippen molar-refractivity contribution in [2.24, 2.45) is 5.84 Å².